The van der Waals surface area contributed by atoms with Crippen LogP contribution in [0.15, 0.2) is 6.20 Å². The number of amides is 2. The zero-order chi connectivity index (χ0) is 15.2. The number of hydrogen-bond acceptors (Lipinski definition) is 6. The SMILES string of the molecule is CCOC(=O)Nc1cnn(CC(=O)N2CCC(N)CC2)n1. The van der Waals surface area contributed by atoms with Crippen LogP contribution < -0.4 is 11.1 Å². The van der Waals surface area contributed by atoms with E-state index in [1.807, 2.05) is 0 Å². The van der Waals surface area contributed by atoms with Gasteiger partial charge in [0.1, 0.15) is 6.54 Å². The van der Waals surface area contributed by atoms with E-state index in [0.717, 1.165) is 12.8 Å². The summed E-state index contributed by atoms with van der Waals surface area (Å²) in [7, 11) is 0. The highest BCUT2D eigenvalue weighted by Gasteiger charge is 2.21. The van der Waals surface area contributed by atoms with Crippen LogP contribution in [-0.4, -0.2) is 57.6 Å². The number of rotatable bonds is 4. The molecule has 1 aliphatic heterocycles. The fourth-order valence-electron chi connectivity index (χ4n) is 2.07. The molecule has 9 nitrogen and oxygen atoms in total. The number of hydrogen-bond donors (Lipinski definition) is 2. The number of carbonyl (C=O) groups is 2. The number of ether oxygens (including phenoxy) is 1. The van der Waals surface area contributed by atoms with E-state index in [4.69, 9.17) is 10.5 Å². The van der Waals surface area contributed by atoms with Gasteiger partial charge in [-0.2, -0.15) is 9.90 Å². The molecule has 2 heterocycles. The van der Waals surface area contributed by atoms with E-state index < -0.39 is 6.09 Å². The molecule has 3 N–H and O–H groups in total. The third kappa shape index (κ3) is 4.42. The smallest absolute Gasteiger partial charge is 0.412 e. The molecule has 0 bridgehead atoms. The number of nitrogens with one attached hydrogen (secondary N) is 1. The van der Waals surface area contributed by atoms with Crippen molar-refractivity contribution < 1.29 is 14.3 Å². The van der Waals surface area contributed by atoms with Gasteiger partial charge in [-0.1, -0.05) is 0 Å². The first-order chi connectivity index (χ1) is 10.1. The maximum absolute atomic E-state index is 12.1. The maximum Gasteiger partial charge on any atom is 0.412 e. The molecule has 1 saturated heterocycles. The Morgan fingerprint density at radius 1 is 1.48 bits per heavy atom. The molecule has 1 aromatic rings. The average Bonchev–Trinajstić information content (AvgIpc) is 2.86. The molecule has 0 spiro atoms. The summed E-state index contributed by atoms with van der Waals surface area (Å²) in [4.78, 5) is 26.3. The molecule has 1 fully saturated rings. The molecule has 0 atom stereocenters. The minimum Gasteiger partial charge on any atom is -0.450 e. The Morgan fingerprint density at radius 2 is 2.19 bits per heavy atom. The first kappa shape index (κ1) is 15.2. The Morgan fingerprint density at radius 3 is 2.86 bits per heavy atom. The molecule has 0 radical (unpaired) electrons. The summed E-state index contributed by atoms with van der Waals surface area (Å²) in [6.45, 7) is 3.35. The Labute approximate surface area is 122 Å². The van der Waals surface area contributed by atoms with Crippen LogP contribution in [0.2, 0.25) is 0 Å². The van der Waals surface area contributed by atoms with Gasteiger partial charge in [-0.25, -0.2) is 4.79 Å². The van der Waals surface area contributed by atoms with E-state index in [-0.39, 0.29) is 30.9 Å². The number of nitrogens with two attached hydrogens (primary N) is 1. The molecule has 9 heteroatoms. The Hall–Kier alpha value is -2.16. The summed E-state index contributed by atoms with van der Waals surface area (Å²) in [5, 5.41) is 10.4. The number of piperidine rings is 1. The number of aromatic nitrogens is 3. The minimum absolute atomic E-state index is 0.0414. The number of likely N-dealkylation sites (tertiary alicyclic amines) is 1. The molecule has 0 aliphatic carbocycles. The number of carbonyl (C=O) groups excluding carboxylic acids is 2. The lowest BCUT2D eigenvalue weighted by Gasteiger charge is -2.29. The Kier molecular flexibility index (Phi) is 5.09. The lowest BCUT2D eigenvalue weighted by molar-refractivity contribution is -0.133. The van der Waals surface area contributed by atoms with Crippen LogP contribution >= 0.6 is 0 Å². The third-order valence-electron chi connectivity index (χ3n) is 3.21. The zero-order valence-corrected chi connectivity index (χ0v) is 12.0. The van der Waals surface area contributed by atoms with Gasteiger partial charge in [-0.15, -0.1) is 5.10 Å². The predicted octanol–water partition coefficient (Wildman–Crippen LogP) is -0.204. The van der Waals surface area contributed by atoms with Crippen molar-refractivity contribution in [1.29, 1.82) is 0 Å². The fraction of sp³-hybridized carbons (Fsp3) is 0.667. The molecule has 0 aromatic carbocycles. The Bertz CT molecular complexity index is 495. The van der Waals surface area contributed by atoms with Crippen molar-refractivity contribution in [2.75, 3.05) is 25.0 Å². The number of anilines is 1. The van der Waals surface area contributed by atoms with Crippen LogP contribution in [0.1, 0.15) is 19.8 Å². The topological polar surface area (TPSA) is 115 Å². The van der Waals surface area contributed by atoms with Gasteiger partial charge in [0.05, 0.1) is 12.8 Å². The van der Waals surface area contributed by atoms with Crippen molar-refractivity contribution in [1.82, 2.24) is 19.9 Å². The van der Waals surface area contributed by atoms with Crippen molar-refractivity contribution in [3.8, 4) is 0 Å². The summed E-state index contributed by atoms with van der Waals surface area (Å²) in [5.74, 6) is 0.196. The van der Waals surface area contributed by atoms with E-state index in [1.165, 1.54) is 11.0 Å². The van der Waals surface area contributed by atoms with Crippen molar-refractivity contribution >= 4 is 17.8 Å². The van der Waals surface area contributed by atoms with E-state index in [1.54, 1.807) is 11.8 Å². The van der Waals surface area contributed by atoms with E-state index in [0.29, 0.717) is 13.1 Å². The van der Waals surface area contributed by atoms with E-state index in [9.17, 15) is 9.59 Å². The van der Waals surface area contributed by atoms with Crippen LogP contribution in [0, 0.1) is 0 Å². The van der Waals surface area contributed by atoms with Gasteiger partial charge in [-0.05, 0) is 19.8 Å². The second kappa shape index (κ2) is 7.02. The number of nitrogens with zero attached hydrogens (tertiary/aromatic N) is 4. The molecular weight excluding hydrogens is 276 g/mol. The van der Waals surface area contributed by atoms with Crippen LogP contribution in [0.3, 0.4) is 0 Å². The quantitative estimate of drug-likeness (QED) is 0.794. The molecule has 2 amide bonds. The molecule has 1 aromatic heterocycles. The molecule has 21 heavy (non-hydrogen) atoms. The van der Waals surface area contributed by atoms with Crippen molar-refractivity contribution in [3.63, 3.8) is 0 Å². The van der Waals surface area contributed by atoms with Crippen molar-refractivity contribution in [2.24, 2.45) is 5.73 Å². The van der Waals surface area contributed by atoms with Gasteiger partial charge in [0, 0.05) is 19.1 Å². The predicted molar refractivity (Wildman–Crippen MR) is 74.5 cm³/mol. The minimum atomic E-state index is -0.596. The van der Waals surface area contributed by atoms with Gasteiger partial charge in [0.15, 0.2) is 5.82 Å². The maximum atomic E-state index is 12.1. The van der Waals surface area contributed by atoms with Crippen LogP contribution in [0.5, 0.6) is 0 Å². The van der Waals surface area contributed by atoms with E-state index >= 15 is 0 Å². The second-order valence-electron chi connectivity index (χ2n) is 4.82. The second-order valence-corrected chi connectivity index (χ2v) is 4.82. The summed E-state index contributed by atoms with van der Waals surface area (Å²) >= 11 is 0. The van der Waals surface area contributed by atoms with Crippen LogP contribution in [-0.2, 0) is 16.1 Å². The Balaban J connectivity index is 1.84. The summed E-state index contributed by atoms with van der Waals surface area (Å²) in [6.07, 6.45) is 2.40. The monoisotopic (exact) mass is 296 g/mol. The summed E-state index contributed by atoms with van der Waals surface area (Å²) in [6, 6.07) is 0.178. The molecule has 0 unspecified atom stereocenters. The van der Waals surface area contributed by atoms with Crippen molar-refractivity contribution in [3.05, 3.63) is 6.20 Å². The van der Waals surface area contributed by atoms with Gasteiger partial charge >= 0.3 is 6.09 Å². The van der Waals surface area contributed by atoms with Gasteiger partial charge in [-0.3, -0.25) is 10.1 Å². The lowest BCUT2D eigenvalue weighted by Crippen LogP contribution is -2.44. The van der Waals surface area contributed by atoms with Gasteiger partial charge < -0.3 is 15.4 Å². The van der Waals surface area contributed by atoms with Gasteiger partial charge in [0.2, 0.25) is 5.91 Å². The lowest BCUT2D eigenvalue weighted by atomic mass is 10.1. The molecule has 116 valence electrons. The summed E-state index contributed by atoms with van der Waals surface area (Å²) in [5.41, 5.74) is 5.80. The highest BCUT2D eigenvalue weighted by Crippen LogP contribution is 2.09. The first-order valence-electron chi connectivity index (χ1n) is 6.95. The molecule has 0 saturated carbocycles. The molecule has 2 rings (SSSR count). The van der Waals surface area contributed by atoms with Crippen molar-refractivity contribution in [2.45, 2.75) is 32.4 Å². The highest BCUT2D eigenvalue weighted by atomic mass is 16.5. The first-order valence-corrected chi connectivity index (χ1v) is 6.95. The summed E-state index contributed by atoms with van der Waals surface area (Å²) < 4.78 is 4.73. The highest BCUT2D eigenvalue weighted by molar-refractivity contribution is 5.83. The van der Waals surface area contributed by atoms with Gasteiger partial charge in [0.25, 0.3) is 0 Å². The normalized spacial score (nSPS) is 15.8. The molecule has 1 aliphatic rings. The van der Waals surface area contributed by atoms with Crippen LogP contribution in [0.25, 0.3) is 0 Å². The standard InChI is InChI=1S/C12H20N6O3/c1-2-21-12(20)15-10-7-14-18(16-10)8-11(19)17-5-3-9(13)4-6-17/h7,9H,2-6,8,13H2,1H3,(H,15,16,20). The largest absolute Gasteiger partial charge is 0.450 e. The third-order valence-corrected chi connectivity index (χ3v) is 3.21. The fourth-order valence-corrected chi connectivity index (χ4v) is 2.07. The van der Waals surface area contributed by atoms with Crippen LogP contribution in [0.4, 0.5) is 10.6 Å². The van der Waals surface area contributed by atoms with E-state index in [2.05, 4.69) is 15.5 Å². The average molecular weight is 296 g/mol. The zero-order valence-electron chi connectivity index (χ0n) is 12.0. The molecular formula is C12H20N6O3.